The van der Waals surface area contributed by atoms with Gasteiger partial charge >= 0.3 is 0 Å². The van der Waals surface area contributed by atoms with E-state index in [1.165, 1.54) is 6.42 Å². The van der Waals surface area contributed by atoms with E-state index >= 15 is 0 Å². The molecule has 0 spiro atoms. The van der Waals surface area contributed by atoms with Gasteiger partial charge in [0, 0.05) is 11.3 Å². The van der Waals surface area contributed by atoms with Gasteiger partial charge < -0.3 is 15.6 Å². The van der Waals surface area contributed by atoms with Gasteiger partial charge in [0.15, 0.2) is 0 Å². The number of aliphatic imine (C=N–C) groups is 1. The first-order valence-corrected chi connectivity index (χ1v) is 8.43. The minimum atomic E-state index is -0.235. The van der Waals surface area contributed by atoms with Gasteiger partial charge in [-0.25, -0.2) is 4.99 Å². The summed E-state index contributed by atoms with van der Waals surface area (Å²) in [6.07, 6.45) is 5.39. The van der Waals surface area contributed by atoms with Crippen molar-refractivity contribution in [2.45, 2.75) is 25.4 Å². The molecule has 126 valence electrons. The lowest BCUT2D eigenvalue weighted by molar-refractivity contribution is 0.120. The molecule has 0 amide bonds. The van der Waals surface area contributed by atoms with Crippen LogP contribution in [0.25, 0.3) is 0 Å². The molecule has 1 fully saturated rings. The molecule has 3 N–H and O–H groups in total. The van der Waals surface area contributed by atoms with Crippen LogP contribution in [0.4, 0.5) is 5.69 Å². The van der Waals surface area contributed by atoms with Crippen LogP contribution in [0.15, 0.2) is 65.3 Å². The van der Waals surface area contributed by atoms with Crippen LogP contribution >= 0.6 is 0 Å². The van der Waals surface area contributed by atoms with Crippen molar-refractivity contribution < 1.29 is 9.84 Å². The number of nitrogens with two attached hydrogens (primary N) is 1. The summed E-state index contributed by atoms with van der Waals surface area (Å²) in [5.41, 5.74) is 8.88. The van der Waals surface area contributed by atoms with E-state index in [-0.39, 0.29) is 6.61 Å². The molecule has 0 bridgehead atoms. The number of para-hydroxylation sites is 1. The average Bonchev–Trinajstić information content (AvgIpc) is 2.59. The molecule has 4 nitrogen and oxygen atoms in total. The summed E-state index contributed by atoms with van der Waals surface area (Å²) in [4.78, 5) is 4.64. The van der Waals surface area contributed by atoms with E-state index in [0.29, 0.717) is 28.7 Å². The predicted octanol–water partition coefficient (Wildman–Crippen LogP) is 2.37. The van der Waals surface area contributed by atoms with Gasteiger partial charge in [0.05, 0.1) is 24.1 Å². The Bertz CT molecular complexity index is 798. The van der Waals surface area contributed by atoms with E-state index in [1.807, 2.05) is 42.5 Å². The second-order valence-corrected chi connectivity index (χ2v) is 6.13. The topological polar surface area (TPSA) is 67.8 Å². The van der Waals surface area contributed by atoms with Crippen molar-refractivity contribution >= 4 is 24.7 Å². The van der Waals surface area contributed by atoms with Crippen molar-refractivity contribution in [3.63, 3.8) is 0 Å². The lowest BCUT2D eigenvalue weighted by atomic mass is 9.94. The fourth-order valence-corrected chi connectivity index (χ4v) is 2.53. The van der Waals surface area contributed by atoms with E-state index in [9.17, 15) is 5.11 Å². The zero-order valence-corrected chi connectivity index (χ0v) is 14.1. The maximum atomic E-state index is 9.27. The molecule has 0 saturated heterocycles. The number of ether oxygens (including phenoxy) is 1. The fourth-order valence-electron chi connectivity index (χ4n) is 2.53. The van der Waals surface area contributed by atoms with Crippen LogP contribution in [-0.2, 0) is 0 Å². The predicted molar refractivity (Wildman–Crippen MR) is 102 cm³/mol. The van der Waals surface area contributed by atoms with E-state index in [2.05, 4.69) is 4.99 Å². The lowest BCUT2D eigenvalue weighted by Crippen LogP contribution is -2.24. The van der Waals surface area contributed by atoms with Gasteiger partial charge in [-0.1, -0.05) is 35.8 Å². The molecule has 1 aliphatic rings. The Morgan fingerprint density at radius 2 is 2.04 bits per heavy atom. The minimum Gasteiger partial charge on any atom is -0.490 e. The van der Waals surface area contributed by atoms with Gasteiger partial charge in [0.25, 0.3) is 0 Å². The Kier molecular flexibility index (Phi) is 5.56. The third-order valence-corrected chi connectivity index (χ3v) is 4.17. The van der Waals surface area contributed by atoms with Crippen molar-refractivity contribution in [1.82, 2.24) is 0 Å². The molecular formula is C20H21BN2O2. The van der Waals surface area contributed by atoms with Crippen LogP contribution in [0.1, 0.15) is 24.8 Å². The number of hydrogen-bond donors (Lipinski definition) is 2. The molecule has 1 saturated carbocycles. The van der Waals surface area contributed by atoms with E-state index < -0.39 is 0 Å². The summed E-state index contributed by atoms with van der Waals surface area (Å²) in [5.74, 6) is 0.812. The van der Waals surface area contributed by atoms with Crippen LogP contribution in [0.5, 0.6) is 5.75 Å². The molecule has 0 aromatic heterocycles. The lowest BCUT2D eigenvalue weighted by Gasteiger charge is -2.26. The number of rotatable bonds is 6. The zero-order chi connectivity index (χ0) is 17.6. The van der Waals surface area contributed by atoms with Gasteiger partial charge in [-0.3, -0.25) is 0 Å². The molecule has 1 aliphatic carbocycles. The van der Waals surface area contributed by atoms with Crippen LogP contribution in [0.2, 0.25) is 0 Å². The first-order chi connectivity index (χ1) is 12.2. The maximum absolute atomic E-state index is 9.27. The van der Waals surface area contributed by atoms with Gasteiger partial charge in [-0.05, 0) is 43.5 Å². The van der Waals surface area contributed by atoms with Crippen LogP contribution in [0, 0.1) is 0 Å². The van der Waals surface area contributed by atoms with Crippen molar-refractivity contribution in [3.05, 3.63) is 65.9 Å². The second kappa shape index (κ2) is 8.03. The highest BCUT2D eigenvalue weighted by atomic mass is 16.5. The Morgan fingerprint density at radius 3 is 2.72 bits per heavy atom. The SMILES string of the molecule is [B]c1ccccc1N=C(/C=C(\N)CO)c1cccc(OC2CCC2)c1. The highest BCUT2D eigenvalue weighted by molar-refractivity contribution is 6.35. The number of benzene rings is 2. The molecule has 0 aliphatic heterocycles. The van der Waals surface area contributed by atoms with E-state index in [1.54, 1.807) is 12.1 Å². The maximum Gasteiger partial charge on any atom is 0.120 e. The summed E-state index contributed by atoms with van der Waals surface area (Å²) < 4.78 is 5.97. The summed E-state index contributed by atoms with van der Waals surface area (Å²) in [6, 6.07) is 15.1. The summed E-state index contributed by atoms with van der Waals surface area (Å²) >= 11 is 0. The monoisotopic (exact) mass is 332 g/mol. The Labute approximate surface area is 149 Å². The Balaban J connectivity index is 1.97. The number of nitrogens with zero attached hydrogens (tertiary/aromatic N) is 1. The number of aliphatic hydroxyl groups is 1. The highest BCUT2D eigenvalue weighted by Crippen LogP contribution is 2.26. The summed E-state index contributed by atoms with van der Waals surface area (Å²) in [5, 5.41) is 9.27. The number of aliphatic hydroxyl groups excluding tert-OH is 1. The zero-order valence-electron chi connectivity index (χ0n) is 14.1. The van der Waals surface area contributed by atoms with Gasteiger partial charge in [-0.2, -0.15) is 0 Å². The minimum absolute atomic E-state index is 0.235. The molecule has 3 rings (SSSR count). The number of hydrogen-bond acceptors (Lipinski definition) is 4. The van der Waals surface area contributed by atoms with Crippen LogP contribution < -0.4 is 15.9 Å². The molecule has 0 unspecified atom stereocenters. The molecule has 0 heterocycles. The van der Waals surface area contributed by atoms with E-state index in [0.717, 1.165) is 24.2 Å². The second-order valence-electron chi connectivity index (χ2n) is 6.13. The number of allylic oxidation sites excluding steroid dienone is 1. The molecule has 2 aromatic carbocycles. The van der Waals surface area contributed by atoms with E-state index in [4.69, 9.17) is 18.3 Å². The standard InChI is InChI=1S/C20H21BN2O2/c21-18-9-1-2-10-19(18)23-20(12-15(22)13-24)14-5-3-8-17(11-14)25-16-6-4-7-16/h1-3,5,8-12,16,24H,4,6-7,13,22H2/b15-12-,23-20?. The van der Waals surface area contributed by atoms with Gasteiger partial charge in [-0.15, -0.1) is 0 Å². The highest BCUT2D eigenvalue weighted by Gasteiger charge is 2.19. The van der Waals surface area contributed by atoms with Crippen molar-refractivity contribution in [1.29, 1.82) is 0 Å². The quantitative estimate of drug-likeness (QED) is 0.630. The van der Waals surface area contributed by atoms with Gasteiger partial charge in [0.1, 0.15) is 13.6 Å². The first kappa shape index (κ1) is 17.3. The smallest absolute Gasteiger partial charge is 0.120 e. The molecule has 0 atom stereocenters. The molecule has 2 radical (unpaired) electrons. The molecular weight excluding hydrogens is 311 g/mol. The Morgan fingerprint density at radius 1 is 1.24 bits per heavy atom. The van der Waals surface area contributed by atoms with Gasteiger partial charge in [0.2, 0.25) is 0 Å². The molecule has 2 aromatic rings. The fraction of sp³-hybridized carbons (Fsp3) is 0.250. The third-order valence-electron chi connectivity index (χ3n) is 4.17. The van der Waals surface area contributed by atoms with Crippen LogP contribution in [-0.4, -0.2) is 31.4 Å². The summed E-state index contributed by atoms with van der Waals surface area (Å²) in [7, 11) is 6.00. The summed E-state index contributed by atoms with van der Waals surface area (Å²) in [6.45, 7) is -0.235. The third kappa shape index (κ3) is 4.51. The van der Waals surface area contributed by atoms with Crippen molar-refractivity contribution in [2.24, 2.45) is 10.7 Å². The Hall–Kier alpha value is -2.53. The molecule has 25 heavy (non-hydrogen) atoms. The normalized spacial score (nSPS) is 15.7. The first-order valence-electron chi connectivity index (χ1n) is 8.43. The van der Waals surface area contributed by atoms with Crippen LogP contribution in [0.3, 0.4) is 0 Å². The van der Waals surface area contributed by atoms with Crippen molar-refractivity contribution in [3.8, 4) is 5.75 Å². The largest absolute Gasteiger partial charge is 0.490 e. The van der Waals surface area contributed by atoms with Crippen molar-refractivity contribution in [2.75, 3.05) is 6.61 Å². The average molecular weight is 332 g/mol. The molecule has 5 heteroatoms.